The van der Waals surface area contributed by atoms with Crippen LogP contribution < -0.4 is 5.32 Å². The minimum Gasteiger partial charge on any atom is -0.377 e. The smallest absolute Gasteiger partial charge is 0.0699 e. The second kappa shape index (κ2) is 6.39. The van der Waals surface area contributed by atoms with Crippen molar-refractivity contribution in [2.24, 2.45) is 0 Å². The summed E-state index contributed by atoms with van der Waals surface area (Å²) in [6, 6.07) is 8.27. The predicted octanol–water partition coefficient (Wildman–Crippen LogP) is 3.56. The summed E-state index contributed by atoms with van der Waals surface area (Å²) in [5.41, 5.74) is 1.16. The van der Waals surface area contributed by atoms with Gasteiger partial charge in [0.1, 0.15) is 0 Å². The summed E-state index contributed by atoms with van der Waals surface area (Å²) in [5.74, 6) is 0. The fourth-order valence-electron chi connectivity index (χ4n) is 2.21. The maximum Gasteiger partial charge on any atom is 0.0699 e. The van der Waals surface area contributed by atoms with Crippen LogP contribution in [0.15, 0.2) is 24.3 Å². The molecule has 0 spiro atoms. The third kappa shape index (κ3) is 3.70. The van der Waals surface area contributed by atoms with Crippen LogP contribution in [0.2, 0.25) is 5.02 Å². The van der Waals surface area contributed by atoms with E-state index in [9.17, 15) is 0 Å². The van der Waals surface area contributed by atoms with Gasteiger partial charge in [-0.1, -0.05) is 29.8 Å². The Labute approximate surface area is 108 Å². The van der Waals surface area contributed by atoms with E-state index in [1.807, 2.05) is 18.2 Å². The van der Waals surface area contributed by atoms with Crippen molar-refractivity contribution in [3.63, 3.8) is 0 Å². The maximum absolute atomic E-state index is 6.17. The van der Waals surface area contributed by atoms with Crippen LogP contribution in [-0.4, -0.2) is 19.3 Å². The Bertz CT molecular complexity index is 350. The van der Waals surface area contributed by atoms with Gasteiger partial charge in [-0.2, -0.15) is 0 Å². The van der Waals surface area contributed by atoms with E-state index in [4.69, 9.17) is 16.3 Å². The largest absolute Gasteiger partial charge is 0.377 e. The molecule has 17 heavy (non-hydrogen) atoms. The minimum absolute atomic E-state index is 0.272. The lowest BCUT2D eigenvalue weighted by Crippen LogP contribution is -2.33. The Kier molecular flexibility index (Phi) is 4.84. The van der Waals surface area contributed by atoms with Gasteiger partial charge in [0.15, 0.2) is 0 Å². The lowest BCUT2D eigenvalue weighted by Gasteiger charge is -2.25. The molecule has 0 radical (unpaired) electrons. The number of benzene rings is 1. The Hall–Kier alpha value is -0.570. The molecule has 2 unspecified atom stereocenters. The normalized spacial score (nSPS) is 22.4. The second-order valence-electron chi connectivity index (χ2n) is 4.64. The van der Waals surface area contributed by atoms with E-state index in [0.29, 0.717) is 6.10 Å². The molecule has 1 aromatic carbocycles. The second-order valence-corrected chi connectivity index (χ2v) is 5.05. The monoisotopic (exact) mass is 253 g/mol. The molecule has 1 aliphatic heterocycles. The molecule has 0 aromatic heterocycles. The highest BCUT2D eigenvalue weighted by Crippen LogP contribution is 2.22. The zero-order chi connectivity index (χ0) is 12.1. The standard InChI is InChI=1S/C14H20ClNO/c1-11(13-7-2-3-8-14(13)15)16-10-12-6-4-5-9-17-12/h2-3,7-8,11-12,16H,4-6,9-10H2,1H3. The highest BCUT2D eigenvalue weighted by atomic mass is 35.5. The van der Waals surface area contributed by atoms with Crippen LogP contribution in [0.1, 0.15) is 37.8 Å². The molecule has 1 saturated heterocycles. The Morgan fingerprint density at radius 3 is 2.94 bits per heavy atom. The number of ether oxygens (including phenoxy) is 1. The van der Waals surface area contributed by atoms with E-state index in [-0.39, 0.29) is 6.04 Å². The molecule has 1 fully saturated rings. The molecule has 2 nitrogen and oxygen atoms in total. The summed E-state index contributed by atoms with van der Waals surface area (Å²) in [4.78, 5) is 0. The topological polar surface area (TPSA) is 21.3 Å². The number of rotatable bonds is 4. The van der Waals surface area contributed by atoms with Crippen molar-refractivity contribution >= 4 is 11.6 Å². The van der Waals surface area contributed by atoms with Crippen molar-refractivity contribution < 1.29 is 4.74 Å². The summed E-state index contributed by atoms with van der Waals surface area (Å²) in [6.45, 7) is 3.96. The highest BCUT2D eigenvalue weighted by molar-refractivity contribution is 6.31. The van der Waals surface area contributed by atoms with Crippen LogP contribution in [0.5, 0.6) is 0 Å². The van der Waals surface area contributed by atoms with Gasteiger partial charge in [0.2, 0.25) is 0 Å². The fraction of sp³-hybridized carbons (Fsp3) is 0.571. The van der Waals surface area contributed by atoms with Gasteiger partial charge in [-0.05, 0) is 37.8 Å². The van der Waals surface area contributed by atoms with E-state index < -0.39 is 0 Å². The van der Waals surface area contributed by atoms with Gasteiger partial charge >= 0.3 is 0 Å². The van der Waals surface area contributed by atoms with Crippen LogP contribution in [0.25, 0.3) is 0 Å². The van der Waals surface area contributed by atoms with Crippen molar-refractivity contribution in [3.05, 3.63) is 34.9 Å². The molecule has 2 rings (SSSR count). The molecule has 3 heteroatoms. The van der Waals surface area contributed by atoms with Crippen LogP contribution in [0, 0.1) is 0 Å². The number of nitrogens with one attached hydrogen (secondary N) is 1. The SMILES string of the molecule is CC(NCC1CCCCO1)c1ccccc1Cl. The Morgan fingerprint density at radius 2 is 2.24 bits per heavy atom. The molecule has 1 aromatic rings. The average Bonchev–Trinajstić information content (AvgIpc) is 2.38. The van der Waals surface area contributed by atoms with Gasteiger partial charge in [0.25, 0.3) is 0 Å². The first-order chi connectivity index (χ1) is 8.27. The minimum atomic E-state index is 0.272. The van der Waals surface area contributed by atoms with Gasteiger partial charge in [-0.25, -0.2) is 0 Å². The summed E-state index contributed by atoms with van der Waals surface area (Å²) in [7, 11) is 0. The molecule has 1 heterocycles. The average molecular weight is 254 g/mol. The lowest BCUT2D eigenvalue weighted by atomic mass is 10.1. The summed E-state index contributed by atoms with van der Waals surface area (Å²) >= 11 is 6.17. The van der Waals surface area contributed by atoms with E-state index in [1.165, 1.54) is 19.3 Å². The molecule has 0 saturated carbocycles. The predicted molar refractivity (Wildman–Crippen MR) is 71.5 cm³/mol. The Balaban J connectivity index is 1.84. The van der Waals surface area contributed by atoms with Crippen molar-refractivity contribution in [3.8, 4) is 0 Å². The van der Waals surface area contributed by atoms with E-state index in [2.05, 4.69) is 18.3 Å². The molecule has 2 atom stereocenters. The molecule has 1 aliphatic rings. The summed E-state index contributed by atoms with van der Waals surface area (Å²) < 4.78 is 5.70. The van der Waals surface area contributed by atoms with Gasteiger partial charge < -0.3 is 10.1 Å². The first-order valence-electron chi connectivity index (χ1n) is 6.37. The number of hydrogen-bond donors (Lipinski definition) is 1. The zero-order valence-corrected chi connectivity index (χ0v) is 11.0. The maximum atomic E-state index is 6.17. The van der Waals surface area contributed by atoms with Crippen molar-refractivity contribution in [1.82, 2.24) is 5.32 Å². The molecule has 0 bridgehead atoms. The molecule has 94 valence electrons. The van der Waals surface area contributed by atoms with Gasteiger partial charge in [0.05, 0.1) is 6.10 Å². The molecule has 0 amide bonds. The molecule has 1 N–H and O–H groups in total. The highest BCUT2D eigenvalue weighted by Gasteiger charge is 2.15. The van der Waals surface area contributed by atoms with Gasteiger partial charge in [-0.15, -0.1) is 0 Å². The van der Waals surface area contributed by atoms with Crippen molar-refractivity contribution in [2.75, 3.05) is 13.2 Å². The zero-order valence-electron chi connectivity index (χ0n) is 10.3. The van der Waals surface area contributed by atoms with Crippen LogP contribution in [0.3, 0.4) is 0 Å². The van der Waals surface area contributed by atoms with E-state index in [0.717, 1.165) is 23.7 Å². The van der Waals surface area contributed by atoms with Crippen LogP contribution in [-0.2, 0) is 4.74 Å². The van der Waals surface area contributed by atoms with Gasteiger partial charge in [-0.3, -0.25) is 0 Å². The van der Waals surface area contributed by atoms with Crippen molar-refractivity contribution in [2.45, 2.75) is 38.3 Å². The number of halogens is 1. The van der Waals surface area contributed by atoms with Crippen molar-refractivity contribution in [1.29, 1.82) is 0 Å². The van der Waals surface area contributed by atoms with Gasteiger partial charge in [0, 0.05) is 24.2 Å². The molecule has 0 aliphatic carbocycles. The first-order valence-corrected chi connectivity index (χ1v) is 6.74. The van der Waals surface area contributed by atoms with Crippen LogP contribution >= 0.6 is 11.6 Å². The van der Waals surface area contributed by atoms with E-state index in [1.54, 1.807) is 0 Å². The summed E-state index contributed by atoms with van der Waals surface area (Å²) in [5, 5.41) is 4.33. The molecular weight excluding hydrogens is 234 g/mol. The lowest BCUT2D eigenvalue weighted by molar-refractivity contribution is 0.0156. The summed E-state index contributed by atoms with van der Waals surface area (Å²) in [6.07, 6.45) is 4.03. The fourth-order valence-corrected chi connectivity index (χ4v) is 2.51. The number of hydrogen-bond acceptors (Lipinski definition) is 2. The third-order valence-corrected chi connectivity index (χ3v) is 3.64. The van der Waals surface area contributed by atoms with E-state index >= 15 is 0 Å². The Morgan fingerprint density at radius 1 is 1.41 bits per heavy atom. The molecular formula is C14H20ClNO. The quantitative estimate of drug-likeness (QED) is 0.886. The first kappa shape index (κ1) is 12.9. The third-order valence-electron chi connectivity index (χ3n) is 3.30. The van der Waals surface area contributed by atoms with Crippen LogP contribution in [0.4, 0.5) is 0 Å².